The number of halogens is 2. The molecule has 0 bridgehead atoms. The molecule has 0 aliphatic carbocycles. The van der Waals surface area contributed by atoms with E-state index >= 15 is 0 Å². The summed E-state index contributed by atoms with van der Waals surface area (Å²) >= 11 is 12.5. The van der Waals surface area contributed by atoms with E-state index in [0.717, 1.165) is 41.0 Å². The zero-order chi connectivity index (χ0) is 22.4. The van der Waals surface area contributed by atoms with Gasteiger partial charge in [0.05, 0.1) is 22.5 Å². The number of nitrogens with one attached hydrogen (secondary N) is 1. The van der Waals surface area contributed by atoms with Crippen molar-refractivity contribution < 1.29 is 14.4 Å². The number of fused-ring (bicyclic) bond motifs is 7. The van der Waals surface area contributed by atoms with Crippen molar-refractivity contribution in [3.63, 3.8) is 0 Å². The van der Waals surface area contributed by atoms with Crippen molar-refractivity contribution in [3.8, 4) is 0 Å². The molecule has 3 saturated heterocycles. The molecule has 2 aromatic carbocycles. The minimum Gasteiger partial charge on any atom is -0.324 e. The molecule has 32 heavy (non-hydrogen) atoms. The van der Waals surface area contributed by atoms with Gasteiger partial charge in [-0.05, 0) is 55.6 Å². The van der Waals surface area contributed by atoms with E-state index in [0.29, 0.717) is 11.6 Å². The van der Waals surface area contributed by atoms with Crippen LogP contribution in [-0.2, 0) is 26.3 Å². The maximum atomic E-state index is 14.0. The Morgan fingerprint density at radius 3 is 2.69 bits per heavy atom. The molecule has 0 saturated carbocycles. The van der Waals surface area contributed by atoms with Crippen LogP contribution in [0.25, 0.3) is 0 Å². The zero-order valence-electron chi connectivity index (χ0n) is 17.4. The second-order valence-electron chi connectivity index (χ2n) is 8.97. The first-order chi connectivity index (χ1) is 15.4. The van der Waals surface area contributed by atoms with Gasteiger partial charge in [0.25, 0.3) is 0 Å². The average Bonchev–Trinajstić information content (AvgIpc) is 3.48. The van der Waals surface area contributed by atoms with Crippen molar-refractivity contribution >= 4 is 52.3 Å². The van der Waals surface area contributed by atoms with Gasteiger partial charge >= 0.3 is 0 Å². The lowest BCUT2D eigenvalue weighted by atomic mass is 9.75. The van der Waals surface area contributed by atoms with E-state index in [1.54, 1.807) is 12.1 Å². The van der Waals surface area contributed by atoms with E-state index in [-0.39, 0.29) is 34.5 Å². The summed E-state index contributed by atoms with van der Waals surface area (Å²) in [5.74, 6) is -2.31. The number of hydrogen-bond acceptors (Lipinski definition) is 4. The first-order valence-corrected chi connectivity index (χ1v) is 11.7. The van der Waals surface area contributed by atoms with Crippen LogP contribution < -0.4 is 10.2 Å². The highest BCUT2D eigenvalue weighted by atomic mass is 35.5. The molecule has 3 fully saturated rings. The number of aryl methyl sites for hydroxylation is 1. The van der Waals surface area contributed by atoms with Gasteiger partial charge in [-0.3, -0.25) is 19.3 Å². The largest absolute Gasteiger partial charge is 0.324 e. The number of imide groups is 1. The summed E-state index contributed by atoms with van der Waals surface area (Å²) in [5.41, 5.74) is 1.72. The van der Waals surface area contributed by atoms with Crippen LogP contribution >= 0.6 is 23.2 Å². The van der Waals surface area contributed by atoms with Crippen LogP contribution in [0, 0.1) is 11.8 Å². The first kappa shape index (κ1) is 20.2. The van der Waals surface area contributed by atoms with Gasteiger partial charge in [-0.1, -0.05) is 42.3 Å². The standard InChI is InChI=1S/C24H21Cl2N3O3/c1-2-12-5-8-16-14(10-12)24(23(32)27-16)20-19(17-4-3-9-28(17)24)21(30)29(22(20)31)18-11-13(25)6-7-15(18)26/h5-8,10-11,17,19-20H,2-4,9H2,1H3,(H,27,32)/t17-,19+,20-,24+/m0/s1. The van der Waals surface area contributed by atoms with Crippen LogP contribution in [0.2, 0.25) is 10.0 Å². The molecule has 0 aromatic heterocycles. The third kappa shape index (κ3) is 2.33. The molecule has 164 valence electrons. The molecule has 6 nitrogen and oxygen atoms in total. The molecule has 4 aliphatic rings. The fraction of sp³-hybridized carbons (Fsp3) is 0.375. The van der Waals surface area contributed by atoms with Crippen LogP contribution in [-0.4, -0.2) is 35.2 Å². The molecular weight excluding hydrogens is 449 g/mol. The van der Waals surface area contributed by atoms with Gasteiger partial charge in [-0.2, -0.15) is 0 Å². The fourth-order valence-electron chi connectivity index (χ4n) is 6.36. The van der Waals surface area contributed by atoms with Crippen LogP contribution in [0.5, 0.6) is 0 Å². The molecule has 1 N–H and O–H groups in total. The molecule has 3 amide bonds. The highest BCUT2D eigenvalue weighted by molar-refractivity contribution is 6.38. The van der Waals surface area contributed by atoms with Gasteiger partial charge in [-0.25, -0.2) is 4.90 Å². The fourth-order valence-corrected chi connectivity index (χ4v) is 6.73. The molecule has 4 heterocycles. The molecule has 6 rings (SSSR count). The predicted molar refractivity (Wildman–Crippen MR) is 122 cm³/mol. The molecule has 4 aliphatic heterocycles. The smallest absolute Gasteiger partial charge is 0.250 e. The van der Waals surface area contributed by atoms with Gasteiger partial charge < -0.3 is 5.32 Å². The van der Waals surface area contributed by atoms with Crippen molar-refractivity contribution in [1.29, 1.82) is 0 Å². The monoisotopic (exact) mass is 469 g/mol. The normalized spacial score (nSPS) is 30.8. The SMILES string of the molecule is CCc1ccc2c(c1)[C@]1(C(=O)N2)[C@@H]2C(=O)N(c3cc(Cl)ccc3Cl)C(=O)[C@@H]2[C@@H]2CCCN21. The highest BCUT2D eigenvalue weighted by Gasteiger charge is 2.74. The molecule has 4 atom stereocenters. The third-order valence-electron chi connectivity index (χ3n) is 7.61. The van der Waals surface area contributed by atoms with E-state index < -0.39 is 17.4 Å². The van der Waals surface area contributed by atoms with Gasteiger partial charge in [0.2, 0.25) is 17.7 Å². The number of carbonyl (C=O) groups is 3. The lowest BCUT2D eigenvalue weighted by Crippen LogP contribution is -2.54. The summed E-state index contributed by atoms with van der Waals surface area (Å²) < 4.78 is 0. The summed E-state index contributed by atoms with van der Waals surface area (Å²) in [6, 6.07) is 10.5. The lowest BCUT2D eigenvalue weighted by Gasteiger charge is -2.36. The minimum absolute atomic E-state index is 0.165. The van der Waals surface area contributed by atoms with Crippen molar-refractivity contribution in [1.82, 2.24) is 4.90 Å². The second-order valence-corrected chi connectivity index (χ2v) is 9.81. The van der Waals surface area contributed by atoms with Gasteiger partial charge in [0, 0.05) is 22.3 Å². The third-order valence-corrected chi connectivity index (χ3v) is 8.17. The van der Waals surface area contributed by atoms with Gasteiger partial charge in [0.1, 0.15) is 5.54 Å². The molecule has 8 heteroatoms. The Labute approximate surface area is 195 Å². The van der Waals surface area contributed by atoms with E-state index in [1.807, 2.05) is 18.2 Å². The Morgan fingerprint density at radius 2 is 1.91 bits per heavy atom. The average molecular weight is 470 g/mol. The predicted octanol–water partition coefficient (Wildman–Crippen LogP) is 3.99. The summed E-state index contributed by atoms with van der Waals surface area (Å²) in [7, 11) is 0. The van der Waals surface area contributed by atoms with Crippen LogP contribution in [0.15, 0.2) is 36.4 Å². The molecule has 2 aromatic rings. The Bertz CT molecular complexity index is 1210. The summed E-state index contributed by atoms with van der Waals surface area (Å²) in [6.07, 6.45) is 2.46. The van der Waals surface area contributed by atoms with Crippen LogP contribution in [0.1, 0.15) is 30.9 Å². The summed E-state index contributed by atoms with van der Waals surface area (Å²) in [6.45, 7) is 2.74. The zero-order valence-corrected chi connectivity index (χ0v) is 18.9. The molecule has 0 radical (unpaired) electrons. The number of hydrogen-bond donors (Lipinski definition) is 1. The number of carbonyl (C=O) groups excluding carboxylic acids is 3. The number of rotatable bonds is 2. The topological polar surface area (TPSA) is 69.7 Å². The Kier molecular flexibility index (Phi) is 4.29. The maximum Gasteiger partial charge on any atom is 0.250 e. The van der Waals surface area contributed by atoms with Crippen molar-refractivity contribution in [2.45, 2.75) is 37.8 Å². The number of amides is 3. The molecular formula is C24H21Cl2N3O3. The number of benzene rings is 2. The highest BCUT2D eigenvalue weighted by Crippen LogP contribution is 2.61. The van der Waals surface area contributed by atoms with Crippen molar-refractivity contribution in [3.05, 3.63) is 57.6 Å². The Hall–Kier alpha value is -2.41. The Morgan fingerprint density at radius 1 is 1.09 bits per heavy atom. The van der Waals surface area contributed by atoms with Crippen molar-refractivity contribution in [2.24, 2.45) is 11.8 Å². The minimum atomic E-state index is -1.18. The van der Waals surface area contributed by atoms with E-state index in [2.05, 4.69) is 17.1 Å². The summed E-state index contributed by atoms with van der Waals surface area (Å²) in [5, 5.41) is 3.67. The molecule has 0 unspecified atom stereocenters. The van der Waals surface area contributed by atoms with Crippen molar-refractivity contribution in [2.75, 3.05) is 16.8 Å². The first-order valence-electron chi connectivity index (χ1n) is 10.9. The maximum absolute atomic E-state index is 14.0. The van der Waals surface area contributed by atoms with Gasteiger partial charge in [0.15, 0.2) is 0 Å². The lowest BCUT2D eigenvalue weighted by molar-refractivity contribution is -0.135. The molecule has 1 spiro atoms. The van der Waals surface area contributed by atoms with E-state index in [9.17, 15) is 14.4 Å². The van der Waals surface area contributed by atoms with Crippen LogP contribution in [0.4, 0.5) is 11.4 Å². The number of anilines is 2. The summed E-state index contributed by atoms with van der Waals surface area (Å²) in [4.78, 5) is 44.6. The second kappa shape index (κ2) is 6.80. The van der Waals surface area contributed by atoms with E-state index in [4.69, 9.17) is 23.2 Å². The quantitative estimate of drug-likeness (QED) is 0.675. The van der Waals surface area contributed by atoms with Crippen LogP contribution in [0.3, 0.4) is 0 Å². The Balaban J connectivity index is 1.57. The van der Waals surface area contributed by atoms with Gasteiger partial charge in [-0.15, -0.1) is 0 Å². The van der Waals surface area contributed by atoms with E-state index in [1.165, 1.54) is 6.07 Å². The number of nitrogens with zero attached hydrogens (tertiary/aromatic N) is 2.